The first-order valence-electron chi connectivity index (χ1n) is 9.49. The highest BCUT2D eigenvalue weighted by atomic mass is 32.1. The van der Waals surface area contributed by atoms with Gasteiger partial charge in [-0.05, 0) is 68.3 Å². The molecule has 1 saturated carbocycles. The van der Waals surface area contributed by atoms with E-state index in [4.69, 9.17) is 10.5 Å². The maximum absolute atomic E-state index is 11.7. The van der Waals surface area contributed by atoms with Gasteiger partial charge in [-0.15, -0.1) is 17.3 Å². The van der Waals surface area contributed by atoms with Crippen LogP contribution in [0.4, 0.5) is 0 Å². The van der Waals surface area contributed by atoms with Crippen molar-refractivity contribution in [3.05, 3.63) is 46.2 Å². The van der Waals surface area contributed by atoms with E-state index in [1.54, 1.807) is 18.3 Å². The molecule has 1 aromatic carbocycles. The first-order valence-corrected chi connectivity index (χ1v) is 10.4. The topological polar surface area (TPSA) is 64.7 Å². The molecule has 1 unspecified atom stereocenters. The smallest absolute Gasteiger partial charge is 0.283 e. The minimum atomic E-state index is -0.437. The van der Waals surface area contributed by atoms with Gasteiger partial charge >= 0.3 is 0 Å². The van der Waals surface area contributed by atoms with Crippen LogP contribution in [0.5, 0.6) is 0 Å². The Morgan fingerprint density at radius 1 is 1.32 bits per heavy atom. The lowest BCUT2D eigenvalue weighted by molar-refractivity contribution is -0.140. The lowest BCUT2D eigenvalue weighted by atomic mass is 9.64. The number of ketones is 1. The highest BCUT2D eigenvalue weighted by Gasteiger charge is 2.55. The summed E-state index contributed by atoms with van der Waals surface area (Å²) in [7, 11) is 0. The number of carbonyl (C=O) groups excluding carboxylic acids is 1. The zero-order valence-electron chi connectivity index (χ0n) is 16.4. The summed E-state index contributed by atoms with van der Waals surface area (Å²) in [4.78, 5) is 17.5. The standard InChI is InChI=1S/C23H24N2O2S/c1-4-6-16-7-5-8-17(9-16)18-10-20(28-13-18)22(3)14-23(27-21(24)25-22)11-19(12-23)15(2)26/h5,7-10,13,19H,11-12,14H2,1-3H3,(H2,24,25). The second-order valence-electron chi connectivity index (χ2n) is 8.06. The van der Waals surface area contributed by atoms with Crippen molar-refractivity contribution in [3.8, 4) is 23.0 Å². The fourth-order valence-electron chi connectivity index (χ4n) is 4.38. The molecular formula is C23H24N2O2S. The van der Waals surface area contributed by atoms with Crippen molar-refractivity contribution < 1.29 is 9.53 Å². The maximum Gasteiger partial charge on any atom is 0.283 e. The fourth-order valence-corrected chi connectivity index (χ4v) is 5.40. The van der Waals surface area contributed by atoms with Gasteiger partial charge in [0.1, 0.15) is 16.9 Å². The van der Waals surface area contributed by atoms with Crippen molar-refractivity contribution in [1.29, 1.82) is 0 Å². The van der Waals surface area contributed by atoms with Crippen molar-refractivity contribution in [1.82, 2.24) is 0 Å². The highest BCUT2D eigenvalue weighted by Crippen LogP contribution is 2.52. The molecule has 4 rings (SSSR count). The molecule has 0 amide bonds. The molecule has 28 heavy (non-hydrogen) atoms. The van der Waals surface area contributed by atoms with Gasteiger partial charge < -0.3 is 10.5 Å². The van der Waals surface area contributed by atoms with E-state index in [1.807, 2.05) is 19.1 Å². The molecule has 1 spiro atoms. The number of benzene rings is 1. The number of thiophene rings is 1. The number of hydrogen-bond donors (Lipinski definition) is 1. The van der Waals surface area contributed by atoms with Crippen molar-refractivity contribution in [2.24, 2.45) is 16.6 Å². The van der Waals surface area contributed by atoms with Gasteiger partial charge in [-0.2, -0.15) is 0 Å². The van der Waals surface area contributed by atoms with Crippen LogP contribution in [-0.2, 0) is 15.1 Å². The van der Waals surface area contributed by atoms with Crippen LogP contribution in [0.2, 0.25) is 0 Å². The predicted octanol–water partition coefficient (Wildman–Crippen LogP) is 4.47. The number of aliphatic imine (C=N–C) groups is 1. The third-order valence-electron chi connectivity index (χ3n) is 5.75. The summed E-state index contributed by atoms with van der Waals surface area (Å²) in [6.07, 6.45) is 2.19. The fraction of sp³-hybridized carbons (Fsp3) is 0.391. The number of amidine groups is 1. The highest BCUT2D eigenvalue weighted by molar-refractivity contribution is 7.10. The molecule has 5 heteroatoms. The molecule has 1 fully saturated rings. The lowest BCUT2D eigenvalue weighted by Crippen LogP contribution is -2.56. The van der Waals surface area contributed by atoms with Crippen molar-refractivity contribution in [2.45, 2.75) is 51.2 Å². The first-order chi connectivity index (χ1) is 13.3. The summed E-state index contributed by atoms with van der Waals surface area (Å²) in [5.74, 6) is 6.37. The van der Waals surface area contributed by atoms with Gasteiger partial charge in [-0.3, -0.25) is 4.79 Å². The van der Waals surface area contributed by atoms with Crippen LogP contribution >= 0.6 is 11.3 Å². The Balaban J connectivity index is 1.62. The Morgan fingerprint density at radius 2 is 2.11 bits per heavy atom. The monoisotopic (exact) mass is 392 g/mol. The van der Waals surface area contributed by atoms with Gasteiger partial charge in [-0.1, -0.05) is 18.1 Å². The van der Waals surface area contributed by atoms with Crippen LogP contribution in [0.1, 0.15) is 50.5 Å². The normalized spacial score (nSPS) is 28.5. The van der Waals surface area contributed by atoms with Gasteiger partial charge in [0.2, 0.25) is 0 Å². The van der Waals surface area contributed by atoms with Crippen LogP contribution < -0.4 is 5.73 Å². The second kappa shape index (κ2) is 6.79. The van der Waals surface area contributed by atoms with E-state index in [-0.39, 0.29) is 23.3 Å². The molecule has 0 bridgehead atoms. The average molecular weight is 393 g/mol. The summed E-state index contributed by atoms with van der Waals surface area (Å²) >= 11 is 1.69. The summed E-state index contributed by atoms with van der Waals surface area (Å²) in [6, 6.07) is 10.7. The Kier molecular flexibility index (Phi) is 4.55. The van der Waals surface area contributed by atoms with Gasteiger partial charge in [0.05, 0.1) is 0 Å². The van der Waals surface area contributed by atoms with E-state index in [1.165, 1.54) is 0 Å². The Labute approximate surface area is 169 Å². The average Bonchev–Trinajstić information content (AvgIpc) is 3.10. The van der Waals surface area contributed by atoms with Gasteiger partial charge in [-0.25, -0.2) is 4.99 Å². The molecule has 2 heterocycles. The van der Waals surface area contributed by atoms with E-state index in [0.717, 1.165) is 40.8 Å². The van der Waals surface area contributed by atoms with Crippen molar-refractivity contribution >= 4 is 23.1 Å². The van der Waals surface area contributed by atoms with E-state index in [9.17, 15) is 4.79 Å². The van der Waals surface area contributed by atoms with Gasteiger partial charge in [0, 0.05) is 22.8 Å². The van der Waals surface area contributed by atoms with Crippen LogP contribution in [0.3, 0.4) is 0 Å². The molecule has 1 aliphatic carbocycles. The molecule has 144 valence electrons. The largest absolute Gasteiger partial charge is 0.459 e. The van der Waals surface area contributed by atoms with Gasteiger partial charge in [0.15, 0.2) is 0 Å². The number of rotatable bonds is 3. The van der Waals surface area contributed by atoms with Crippen molar-refractivity contribution in [3.63, 3.8) is 0 Å². The van der Waals surface area contributed by atoms with Crippen LogP contribution in [0, 0.1) is 17.8 Å². The zero-order chi connectivity index (χ0) is 19.9. The van der Waals surface area contributed by atoms with E-state index >= 15 is 0 Å². The number of ether oxygens (including phenoxy) is 1. The van der Waals surface area contributed by atoms with Crippen LogP contribution in [0.15, 0.2) is 40.7 Å². The van der Waals surface area contributed by atoms with E-state index in [2.05, 4.69) is 47.3 Å². The summed E-state index contributed by atoms with van der Waals surface area (Å²) in [6.45, 7) is 5.61. The predicted molar refractivity (Wildman–Crippen MR) is 113 cm³/mol. The number of nitrogens with two attached hydrogens (primary N) is 1. The molecule has 1 aromatic heterocycles. The third kappa shape index (κ3) is 3.33. The Bertz CT molecular complexity index is 1020. The van der Waals surface area contributed by atoms with Gasteiger partial charge in [0.25, 0.3) is 6.02 Å². The molecule has 0 saturated heterocycles. The number of nitrogens with zero attached hydrogens (tertiary/aromatic N) is 1. The molecule has 1 atom stereocenters. The van der Waals surface area contributed by atoms with Crippen molar-refractivity contribution in [2.75, 3.05) is 0 Å². The first kappa shape index (κ1) is 18.8. The number of hydrogen-bond acceptors (Lipinski definition) is 5. The number of Topliss-reactive ketones (excluding diaryl/α,β-unsaturated/α-hetero) is 1. The van der Waals surface area contributed by atoms with E-state index < -0.39 is 5.54 Å². The Hall–Kier alpha value is -2.58. The summed E-state index contributed by atoms with van der Waals surface area (Å²) in [5, 5.41) is 2.16. The van der Waals surface area contributed by atoms with E-state index in [0.29, 0.717) is 0 Å². The molecular weight excluding hydrogens is 368 g/mol. The minimum absolute atomic E-state index is 0.0801. The summed E-state index contributed by atoms with van der Waals surface area (Å²) in [5.41, 5.74) is 8.57. The molecule has 2 aliphatic rings. The quantitative estimate of drug-likeness (QED) is 0.784. The third-order valence-corrected chi connectivity index (χ3v) is 6.93. The molecule has 2 N–H and O–H groups in total. The maximum atomic E-state index is 11.7. The SMILES string of the molecule is CC#Cc1cccc(-c2csc(C3(C)CC4(CC(C(C)=O)C4)OC(N)=N3)c2)c1. The number of carbonyl (C=O) groups is 1. The zero-order valence-corrected chi connectivity index (χ0v) is 17.2. The summed E-state index contributed by atoms with van der Waals surface area (Å²) < 4.78 is 5.91. The molecule has 0 radical (unpaired) electrons. The lowest BCUT2D eigenvalue weighted by Gasteiger charge is -2.51. The van der Waals surface area contributed by atoms with Crippen LogP contribution in [-0.4, -0.2) is 17.4 Å². The second-order valence-corrected chi connectivity index (χ2v) is 8.97. The molecule has 4 nitrogen and oxygen atoms in total. The Morgan fingerprint density at radius 3 is 2.82 bits per heavy atom. The molecule has 1 aliphatic heterocycles. The minimum Gasteiger partial charge on any atom is -0.459 e. The van der Waals surface area contributed by atoms with Crippen LogP contribution in [0.25, 0.3) is 11.1 Å². The molecule has 2 aromatic rings.